The zero-order chi connectivity index (χ0) is 26.6. The smallest absolute Gasteiger partial charge is 0.406 e. The van der Waals surface area contributed by atoms with Gasteiger partial charge in [0.2, 0.25) is 0 Å². The van der Waals surface area contributed by atoms with Crippen LogP contribution >= 0.6 is 0 Å². The van der Waals surface area contributed by atoms with Crippen molar-refractivity contribution in [2.45, 2.75) is 64.0 Å². The molecule has 4 heterocycles. The summed E-state index contributed by atoms with van der Waals surface area (Å²) in [5.41, 5.74) is 3.00. The van der Waals surface area contributed by atoms with Crippen molar-refractivity contribution in [3.63, 3.8) is 0 Å². The number of ether oxygens (including phenoxy) is 2. The normalized spacial score (nSPS) is 20.2. The Morgan fingerprint density at radius 3 is 2.55 bits per heavy atom. The molecule has 8 nitrogen and oxygen atoms in total. The average molecular weight is 529 g/mol. The maximum absolute atomic E-state index is 15.2. The van der Waals surface area contributed by atoms with Gasteiger partial charge < -0.3 is 9.47 Å². The summed E-state index contributed by atoms with van der Waals surface area (Å²) in [4.78, 5) is 18.5. The Morgan fingerprint density at radius 1 is 1.03 bits per heavy atom. The van der Waals surface area contributed by atoms with Gasteiger partial charge in [-0.15, -0.1) is 13.2 Å². The van der Waals surface area contributed by atoms with Gasteiger partial charge in [-0.2, -0.15) is 5.10 Å². The molecule has 3 aromatic heterocycles. The van der Waals surface area contributed by atoms with Gasteiger partial charge in [0.25, 0.3) is 0 Å². The summed E-state index contributed by atoms with van der Waals surface area (Å²) < 4.78 is 65.0. The molecule has 0 radical (unpaired) electrons. The highest BCUT2D eigenvalue weighted by atomic mass is 19.4. The molecule has 1 aromatic carbocycles. The summed E-state index contributed by atoms with van der Waals surface area (Å²) >= 11 is 0. The second-order valence-corrected chi connectivity index (χ2v) is 9.75. The molecule has 4 aromatic rings. The molecule has 1 aliphatic heterocycles. The lowest BCUT2D eigenvalue weighted by Gasteiger charge is -2.28. The fourth-order valence-electron chi connectivity index (χ4n) is 4.71. The summed E-state index contributed by atoms with van der Waals surface area (Å²) in [7, 11) is 0. The number of aromatic nitrogens is 6. The number of hydrogen-bond donors (Lipinski definition) is 0. The standard InChI is InChI=1S/C26H24F4N6O2/c1-13-14(2)33-25-23(32-13)22(19-6-5-18(10-20(19)27)38-26(28,29)30)34-24(35-25)15-7-8-37-21(9-15)16-11-31-36(12-16)17-3-4-17/h5-6,10-12,15,17,21H,3-4,7-9H2,1-2H3. The molecule has 1 aliphatic carbocycles. The average Bonchev–Trinajstić information content (AvgIpc) is 3.60. The summed E-state index contributed by atoms with van der Waals surface area (Å²) in [6.45, 7) is 4.05. The fourth-order valence-corrected chi connectivity index (χ4v) is 4.71. The molecule has 0 amide bonds. The van der Waals surface area contributed by atoms with Crippen LogP contribution in [-0.4, -0.2) is 42.7 Å². The second kappa shape index (κ2) is 9.26. The van der Waals surface area contributed by atoms with Crippen LogP contribution in [0.4, 0.5) is 17.6 Å². The first kappa shape index (κ1) is 24.7. The number of aryl methyl sites for hydroxylation is 2. The first-order valence-electron chi connectivity index (χ1n) is 12.4. The molecule has 0 N–H and O–H groups in total. The van der Waals surface area contributed by atoms with E-state index in [-0.39, 0.29) is 28.8 Å². The summed E-state index contributed by atoms with van der Waals surface area (Å²) in [5.74, 6) is -1.23. The van der Waals surface area contributed by atoms with Crippen LogP contribution in [-0.2, 0) is 4.74 Å². The van der Waals surface area contributed by atoms with Crippen LogP contribution in [0.15, 0.2) is 30.6 Å². The van der Waals surface area contributed by atoms with E-state index in [4.69, 9.17) is 14.7 Å². The van der Waals surface area contributed by atoms with Gasteiger partial charge >= 0.3 is 6.36 Å². The molecule has 2 atom stereocenters. The molecule has 2 unspecified atom stereocenters. The first-order chi connectivity index (χ1) is 18.1. The van der Waals surface area contributed by atoms with Crippen molar-refractivity contribution in [3.8, 4) is 17.0 Å². The van der Waals surface area contributed by atoms with E-state index in [0.29, 0.717) is 54.4 Å². The minimum absolute atomic E-state index is 0.0138. The summed E-state index contributed by atoms with van der Waals surface area (Å²) in [6, 6.07) is 3.41. The highest BCUT2D eigenvalue weighted by molar-refractivity contribution is 5.87. The summed E-state index contributed by atoms with van der Waals surface area (Å²) in [6.07, 6.45) is 2.23. The van der Waals surface area contributed by atoms with Crippen LogP contribution in [0.5, 0.6) is 5.75 Å². The number of fused-ring (bicyclic) bond motifs is 1. The maximum atomic E-state index is 15.2. The first-order valence-corrected chi connectivity index (χ1v) is 12.4. The lowest BCUT2D eigenvalue weighted by molar-refractivity contribution is -0.274. The molecule has 0 spiro atoms. The van der Waals surface area contributed by atoms with Crippen LogP contribution in [0.2, 0.25) is 0 Å². The van der Waals surface area contributed by atoms with E-state index < -0.39 is 17.9 Å². The van der Waals surface area contributed by atoms with Crippen molar-refractivity contribution < 1.29 is 27.0 Å². The molecule has 1 saturated heterocycles. The SMILES string of the molecule is Cc1nc2nc(C3CCOC(c4cnn(C5CC5)c4)C3)nc(-c3ccc(OC(F)(F)F)cc3F)c2nc1C. The maximum Gasteiger partial charge on any atom is 0.573 e. The molecule has 38 heavy (non-hydrogen) atoms. The van der Waals surface area contributed by atoms with E-state index in [0.717, 1.165) is 24.5 Å². The van der Waals surface area contributed by atoms with E-state index in [1.165, 1.54) is 6.07 Å². The number of alkyl halides is 3. The van der Waals surface area contributed by atoms with Crippen molar-refractivity contribution in [1.82, 2.24) is 29.7 Å². The van der Waals surface area contributed by atoms with Crippen molar-refractivity contribution in [2.75, 3.05) is 6.61 Å². The Balaban J connectivity index is 1.39. The molecule has 2 fully saturated rings. The molecule has 0 bridgehead atoms. The van der Waals surface area contributed by atoms with Crippen molar-refractivity contribution in [1.29, 1.82) is 0 Å². The largest absolute Gasteiger partial charge is 0.573 e. The van der Waals surface area contributed by atoms with Crippen LogP contribution in [0.25, 0.3) is 22.4 Å². The van der Waals surface area contributed by atoms with E-state index in [2.05, 4.69) is 19.8 Å². The van der Waals surface area contributed by atoms with Gasteiger partial charge in [-0.25, -0.2) is 24.3 Å². The quantitative estimate of drug-likeness (QED) is 0.298. The van der Waals surface area contributed by atoms with E-state index in [1.54, 1.807) is 13.8 Å². The minimum Gasteiger partial charge on any atom is -0.406 e. The Bertz CT molecular complexity index is 1520. The van der Waals surface area contributed by atoms with Crippen molar-refractivity contribution >= 4 is 11.2 Å². The Kier molecular flexibility index (Phi) is 6.01. The molecule has 198 valence electrons. The molecule has 1 saturated carbocycles. The van der Waals surface area contributed by atoms with E-state index >= 15 is 4.39 Å². The van der Waals surface area contributed by atoms with Gasteiger partial charge in [-0.05, 0) is 51.7 Å². The molecule has 12 heteroatoms. The third kappa shape index (κ3) is 4.92. The predicted octanol–water partition coefficient (Wildman–Crippen LogP) is 5.91. The number of benzene rings is 1. The molecule has 6 rings (SSSR count). The third-order valence-corrected chi connectivity index (χ3v) is 6.95. The third-order valence-electron chi connectivity index (χ3n) is 6.95. The number of nitrogens with zero attached hydrogens (tertiary/aromatic N) is 6. The number of hydrogen-bond acceptors (Lipinski definition) is 7. The molecule has 2 aliphatic rings. The van der Waals surface area contributed by atoms with Gasteiger partial charge in [0.1, 0.15) is 28.6 Å². The van der Waals surface area contributed by atoms with Crippen molar-refractivity contribution in [3.05, 3.63) is 59.2 Å². The predicted molar refractivity (Wildman–Crippen MR) is 128 cm³/mol. The monoisotopic (exact) mass is 528 g/mol. The summed E-state index contributed by atoms with van der Waals surface area (Å²) in [5, 5.41) is 4.47. The highest BCUT2D eigenvalue weighted by Gasteiger charge is 2.33. The lowest BCUT2D eigenvalue weighted by atomic mass is 9.92. The molecular weight excluding hydrogens is 504 g/mol. The van der Waals surface area contributed by atoms with Gasteiger partial charge in [0.15, 0.2) is 5.65 Å². The van der Waals surface area contributed by atoms with Crippen LogP contribution in [0.3, 0.4) is 0 Å². The second-order valence-electron chi connectivity index (χ2n) is 9.75. The van der Waals surface area contributed by atoms with Crippen LogP contribution < -0.4 is 4.74 Å². The Morgan fingerprint density at radius 2 is 1.82 bits per heavy atom. The van der Waals surface area contributed by atoms with Crippen LogP contribution in [0, 0.1) is 19.7 Å². The topological polar surface area (TPSA) is 87.8 Å². The lowest BCUT2D eigenvalue weighted by Crippen LogP contribution is -2.20. The van der Waals surface area contributed by atoms with E-state index in [9.17, 15) is 13.2 Å². The van der Waals surface area contributed by atoms with Crippen molar-refractivity contribution in [2.24, 2.45) is 0 Å². The van der Waals surface area contributed by atoms with Crippen LogP contribution in [0.1, 0.15) is 66.5 Å². The van der Waals surface area contributed by atoms with Gasteiger partial charge in [0, 0.05) is 35.9 Å². The zero-order valence-electron chi connectivity index (χ0n) is 20.7. The Hall–Kier alpha value is -3.67. The zero-order valence-corrected chi connectivity index (χ0v) is 20.7. The number of rotatable bonds is 5. The minimum atomic E-state index is -4.93. The van der Waals surface area contributed by atoms with Gasteiger partial charge in [-0.1, -0.05) is 0 Å². The van der Waals surface area contributed by atoms with Gasteiger partial charge in [-0.3, -0.25) is 4.68 Å². The fraction of sp³-hybridized carbons (Fsp3) is 0.423. The van der Waals surface area contributed by atoms with Gasteiger partial charge in [0.05, 0.1) is 29.7 Å². The van der Waals surface area contributed by atoms with E-state index in [1.807, 2.05) is 17.1 Å². The Labute approximate surface area is 215 Å². The highest BCUT2D eigenvalue weighted by Crippen LogP contribution is 2.40. The molecular formula is C26H24F4N6O2. The number of halogens is 4.